The molecule has 9 amide bonds. The topological polar surface area (TPSA) is 272 Å². The molecule has 0 saturated carbocycles. The summed E-state index contributed by atoms with van der Waals surface area (Å²) in [5.74, 6) is -6.08. The molecule has 0 bridgehead atoms. The average molecular weight is 1190 g/mol. The quantitative estimate of drug-likeness (QED) is 0.0325. The first-order valence-electron chi connectivity index (χ1n) is 30.6. The van der Waals surface area contributed by atoms with Crippen LogP contribution in [0.2, 0.25) is 0 Å². The van der Waals surface area contributed by atoms with Gasteiger partial charge in [-0.3, -0.25) is 73.4 Å². The lowest BCUT2D eigenvalue weighted by Crippen LogP contribution is -2.60. The van der Waals surface area contributed by atoms with Gasteiger partial charge in [0.25, 0.3) is 17.7 Å². The van der Waals surface area contributed by atoms with Crippen molar-refractivity contribution < 1.29 is 67.0 Å². The number of imide groups is 1. The number of ether oxygens (including phenoxy) is 3. The number of rotatable bonds is 34. The summed E-state index contributed by atoms with van der Waals surface area (Å²) >= 11 is 0. The maximum Gasteiger partial charge on any atom is 0.306 e. The van der Waals surface area contributed by atoms with Gasteiger partial charge in [-0.1, -0.05) is 91.6 Å². The third kappa shape index (κ3) is 21.0. The van der Waals surface area contributed by atoms with Gasteiger partial charge in [0.2, 0.25) is 35.4 Å². The number of carbonyl (C=O) groups is 10. The lowest BCUT2D eigenvalue weighted by atomic mass is 9.89. The van der Waals surface area contributed by atoms with Crippen molar-refractivity contribution in [3.63, 3.8) is 0 Å². The van der Waals surface area contributed by atoms with E-state index in [1.54, 1.807) is 44.7 Å². The molecule has 1 aromatic carbocycles. The van der Waals surface area contributed by atoms with Crippen molar-refractivity contribution in [2.75, 3.05) is 61.1 Å². The van der Waals surface area contributed by atoms with Crippen LogP contribution in [0.15, 0.2) is 42.5 Å². The molecule has 0 spiro atoms. The smallest absolute Gasteiger partial charge is 0.306 e. The third-order valence-electron chi connectivity index (χ3n) is 16.8. The van der Waals surface area contributed by atoms with Crippen molar-refractivity contribution in [2.24, 2.45) is 29.6 Å². The number of likely N-dealkylation sites (N-methyl/N-ethyl adjacent to an activating group) is 2. The van der Waals surface area contributed by atoms with Crippen LogP contribution >= 0.6 is 0 Å². The van der Waals surface area contributed by atoms with E-state index in [0.29, 0.717) is 71.2 Å². The summed E-state index contributed by atoms with van der Waals surface area (Å²) in [6.45, 7) is 18.3. The van der Waals surface area contributed by atoms with Crippen LogP contribution in [0.3, 0.4) is 0 Å². The number of likely N-dealkylation sites (tertiary alicyclic amines) is 1. The number of nitrogens with one attached hydrogen (secondary N) is 4. The van der Waals surface area contributed by atoms with Crippen molar-refractivity contribution >= 4 is 59.1 Å². The Morgan fingerprint density at radius 2 is 1.42 bits per heavy atom. The molecule has 23 nitrogen and oxygen atoms in total. The summed E-state index contributed by atoms with van der Waals surface area (Å²) in [6, 6.07) is 5.91. The van der Waals surface area contributed by atoms with Gasteiger partial charge in [-0.25, -0.2) is 5.06 Å². The molecule has 3 heterocycles. The molecule has 2 fully saturated rings. The fourth-order valence-corrected chi connectivity index (χ4v) is 11.5. The van der Waals surface area contributed by atoms with Crippen LogP contribution in [-0.4, -0.2) is 193 Å². The molecular weight excluding hydrogens is 1090 g/mol. The first-order chi connectivity index (χ1) is 40.4. The Balaban J connectivity index is 1.32. The van der Waals surface area contributed by atoms with E-state index in [-0.39, 0.29) is 91.3 Å². The van der Waals surface area contributed by atoms with Gasteiger partial charge in [0, 0.05) is 72.3 Å². The number of benzene rings is 1. The van der Waals surface area contributed by atoms with Gasteiger partial charge in [0.05, 0.1) is 55.2 Å². The SMILES string of the molecule is CC[C@H](C)[C@@H]([C@@H](CC(=O)N1CCC[C@H]1[C@H](OC)[C@@H](C)C(=O)N[C@@H](Cc1ccccc1)C(=O)N1CCCCO1)OC)N(C)C(=O)[C@@H](NC(=O)[C@H](C(C)C)N(C)CCCC(=O)O[C@H](C)C(C)C(=O)NNC(=O)CCCCCN1C(=O)C=CC1=O)C(C)C. The fraction of sp³-hybridized carbons (Fsp3) is 0.710. The van der Waals surface area contributed by atoms with Gasteiger partial charge in [0.1, 0.15) is 18.2 Å². The molecule has 0 radical (unpaired) electrons. The zero-order valence-corrected chi connectivity index (χ0v) is 52.7. The molecule has 11 atom stereocenters. The lowest BCUT2D eigenvalue weighted by Gasteiger charge is -2.41. The number of amides is 9. The maximum absolute atomic E-state index is 14.8. The van der Waals surface area contributed by atoms with E-state index in [1.165, 1.54) is 31.4 Å². The summed E-state index contributed by atoms with van der Waals surface area (Å²) in [5.41, 5.74) is 5.63. The maximum atomic E-state index is 14.8. The van der Waals surface area contributed by atoms with Crippen molar-refractivity contribution in [3.05, 3.63) is 48.0 Å². The summed E-state index contributed by atoms with van der Waals surface area (Å²) < 4.78 is 17.8. The number of hydrogen-bond donors (Lipinski definition) is 4. The first-order valence-corrected chi connectivity index (χ1v) is 30.6. The molecule has 3 aliphatic rings. The van der Waals surface area contributed by atoms with E-state index >= 15 is 0 Å². The second-order valence-corrected chi connectivity index (χ2v) is 23.8. The number of hydrazine groups is 1. The molecule has 476 valence electrons. The minimum absolute atomic E-state index is 0.00279. The van der Waals surface area contributed by atoms with Gasteiger partial charge in [0.15, 0.2) is 0 Å². The predicted molar refractivity (Wildman–Crippen MR) is 318 cm³/mol. The zero-order valence-electron chi connectivity index (χ0n) is 52.7. The highest BCUT2D eigenvalue weighted by Crippen LogP contribution is 2.30. The molecule has 4 N–H and O–H groups in total. The summed E-state index contributed by atoms with van der Waals surface area (Å²) in [5, 5.41) is 7.40. The molecule has 4 rings (SSSR count). The van der Waals surface area contributed by atoms with E-state index in [9.17, 15) is 47.9 Å². The van der Waals surface area contributed by atoms with Crippen LogP contribution in [0.4, 0.5) is 0 Å². The zero-order chi connectivity index (χ0) is 63.1. The summed E-state index contributed by atoms with van der Waals surface area (Å²) in [7, 11) is 6.50. The van der Waals surface area contributed by atoms with Gasteiger partial charge in [-0.05, 0) is 95.7 Å². The second-order valence-electron chi connectivity index (χ2n) is 23.8. The number of carbonyl (C=O) groups excluding carboxylic acids is 10. The molecule has 1 aromatic rings. The number of hydroxylamine groups is 2. The van der Waals surface area contributed by atoms with Gasteiger partial charge in [-0.15, -0.1) is 0 Å². The number of methoxy groups -OCH3 is 2. The molecule has 0 aromatic heterocycles. The molecule has 23 heteroatoms. The Labute approximate surface area is 503 Å². The van der Waals surface area contributed by atoms with Gasteiger partial charge < -0.3 is 34.6 Å². The van der Waals surface area contributed by atoms with E-state index in [0.717, 1.165) is 23.3 Å². The summed E-state index contributed by atoms with van der Waals surface area (Å²) in [4.78, 5) is 145. The number of nitrogens with zero attached hydrogens (tertiary/aromatic N) is 5. The van der Waals surface area contributed by atoms with Gasteiger partial charge in [-0.2, -0.15) is 0 Å². The Bertz CT molecular complexity index is 2400. The Morgan fingerprint density at radius 1 is 0.741 bits per heavy atom. The van der Waals surface area contributed by atoms with Gasteiger partial charge >= 0.3 is 5.97 Å². The van der Waals surface area contributed by atoms with Crippen LogP contribution in [0, 0.1) is 29.6 Å². The lowest BCUT2D eigenvalue weighted by molar-refractivity contribution is -0.199. The second kappa shape index (κ2) is 35.4. The van der Waals surface area contributed by atoms with Crippen molar-refractivity contribution in [3.8, 4) is 0 Å². The van der Waals surface area contributed by atoms with Crippen LogP contribution < -0.4 is 21.5 Å². The number of esters is 1. The van der Waals surface area contributed by atoms with Crippen molar-refractivity contribution in [2.45, 2.75) is 194 Å². The molecular formula is C62H99N9O14. The Hall–Kier alpha value is -6.30. The molecule has 0 aliphatic carbocycles. The first kappa shape index (κ1) is 71.2. The highest BCUT2D eigenvalue weighted by Gasteiger charge is 2.44. The van der Waals surface area contributed by atoms with Crippen LogP contribution in [0.25, 0.3) is 0 Å². The van der Waals surface area contributed by atoms with E-state index in [2.05, 4.69) is 21.5 Å². The molecule has 3 aliphatic heterocycles. The normalized spacial score (nSPS) is 18.9. The van der Waals surface area contributed by atoms with Crippen LogP contribution in [0.5, 0.6) is 0 Å². The van der Waals surface area contributed by atoms with E-state index < -0.39 is 78.1 Å². The average Bonchev–Trinajstić information content (AvgIpc) is 3.65. The van der Waals surface area contributed by atoms with Crippen LogP contribution in [-0.2, 0) is 73.4 Å². The minimum atomic E-state index is -0.945. The Morgan fingerprint density at radius 3 is 2.02 bits per heavy atom. The predicted octanol–water partition coefficient (Wildman–Crippen LogP) is 4.27. The molecule has 85 heavy (non-hydrogen) atoms. The Kier molecular flexibility index (Phi) is 29.6. The van der Waals surface area contributed by atoms with E-state index in [4.69, 9.17) is 19.0 Å². The minimum Gasteiger partial charge on any atom is -0.462 e. The fourth-order valence-electron chi connectivity index (χ4n) is 11.5. The van der Waals surface area contributed by atoms with Crippen molar-refractivity contribution in [1.82, 2.24) is 46.1 Å². The molecule has 2 saturated heterocycles. The number of unbranched alkanes of at least 4 members (excludes halogenated alkanes) is 2. The highest BCUT2D eigenvalue weighted by molar-refractivity contribution is 6.12. The van der Waals surface area contributed by atoms with E-state index in [1.807, 2.05) is 76.8 Å². The highest BCUT2D eigenvalue weighted by atomic mass is 16.7. The largest absolute Gasteiger partial charge is 0.462 e. The van der Waals surface area contributed by atoms with Crippen molar-refractivity contribution in [1.29, 1.82) is 0 Å². The van der Waals surface area contributed by atoms with Crippen LogP contribution in [0.1, 0.15) is 145 Å². The number of hydrogen-bond acceptors (Lipinski definition) is 15. The summed E-state index contributed by atoms with van der Waals surface area (Å²) in [6.07, 6.45) is 5.96. The standard InChI is InChI=1S/C62H99N9O14/c1-14-41(6)56(48(82-12)38-52(75)69-34-23-27-47(69)57(83-13)43(8)58(77)63-46(37-45-25-17-15-18-26-45)61(80)71-35-21-22-36-84-71)68(11)62(81)54(39(2)3)64-60(79)55(40(4)5)67(10)32-24-29-53(76)85-44(9)42(7)59(78)66-65-49(72)28-19-16-20-33-70-50(73)30-31-51(70)74/h15,17-18,25-26,30-31,39-44,46-48,54-57H,14,16,19-24,27-29,32-38H2,1-13H3,(H,63,77)(H,64,79)(H,65,72)(H,66,78)/t41-,42?,43+,44+,46-,47-,48+,54-,55-,56-,57+/m0/s1. The monoisotopic (exact) mass is 1190 g/mol. The third-order valence-corrected chi connectivity index (χ3v) is 16.8. The molecule has 1 unspecified atom stereocenters.